The third-order valence-electron chi connectivity index (χ3n) is 4.75. The lowest BCUT2D eigenvalue weighted by Crippen LogP contribution is -2.29. The van der Waals surface area contributed by atoms with Crippen molar-refractivity contribution in [1.82, 2.24) is 0 Å². The summed E-state index contributed by atoms with van der Waals surface area (Å²) in [6.07, 6.45) is 5.99. The molecule has 3 rings (SSSR count). The van der Waals surface area contributed by atoms with Crippen LogP contribution >= 0.6 is 0 Å². The van der Waals surface area contributed by atoms with Gasteiger partial charge in [0.15, 0.2) is 6.61 Å². The Labute approximate surface area is 174 Å². The molecule has 1 saturated heterocycles. The standard InChI is InChI=1S/C22H23N3O5/c26-21(23-18-9-11-19(12-10-18)24-14-4-1-5-15-24)16-30-22(27)13-8-17-6-2-3-7-20(17)25(28)29/h2-3,6-13H,1,4-5,14-16H2,(H,23,26)/b13-8+. The highest BCUT2D eigenvalue weighted by Crippen LogP contribution is 2.22. The Hall–Kier alpha value is -3.68. The largest absolute Gasteiger partial charge is 0.452 e. The number of nitrogens with zero attached hydrogens (tertiary/aromatic N) is 2. The Morgan fingerprint density at radius 3 is 2.47 bits per heavy atom. The van der Waals surface area contributed by atoms with Crippen molar-refractivity contribution in [1.29, 1.82) is 0 Å². The molecular weight excluding hydrogens is 386 g/mol. The Bertz CT molecular complexity index is 934. The number of rotatable bonds is 7. The van der Waals surface area contributed by atoms with Gasteiger partial charge in [-0.2, -0.15) is 0 Å². The number of carbonyl (C=O) groups is 2. The molecule has 1 heterocycles. The van der Waals surface area contributed by atoms with Crippen molar-refractivity contribution >= 4 is 35.0 Å². The van der Waals surface area contributed by atoms with Crippen molar-refractivity contribution in [2.45, 2.75) is 19.3 Å². The molecule has 2 aromatic carbocycles. The van der Waals surface area contributed by atoms with Crippen LogP contribution in [0.4, 0.5) is 17.1 Å². The normalized spacial score (nSPS) is 13.8. The number of nitrogens with one attached hydrogen (secondary N) is 1. The third-order valence-corrected chi connectivity index (χ3v) is 4.75. The Kier molecular flexibility index (Phi) is 7.15. The first-order chi connectivity index (χ1) is 14.5. The van der Waals surface area contributed by atoms with Crippen LogP contribution in [-0.2, 0) is 14.3 Å². The lowest BCUT2D eigenvalue weighted by molar-refractivity contribution is -0.385. The molecule has 30 heavy (non-hydrogen) atoms. The first kappa shape index (κ1) is 21.0. The number of amides is 1. The number of nitro benzene ring substituents is 1. The van der Waals surface area contributed by atoms with Gasteiger partial charge in [-0.1, -0.05) is 12.1 Å². The van der Waals surface area contributed by atoms with Gasteiger partial charge in [-0.05, 0) is 55.7 Å². The van der Waals surface area contributed by atoms with E-state index in [1.807, 2.05) is 24.3 Å². The number of anilines is 2. The maximum atomic E-state index is 12.0. The lowest BCUT2D eigenvalue weighted by atomic mass is 10.1. The molecule has 8 nitrogen and oxygen atoms in total. The molecule has 1 aliphatic heterocycles. The van der Waals surface area contributed by atoms with Gasteiger partial charge in [-0.15, -0.1) is 0 Å². The summed E-state index contributed by atoms with van der Waals surface area (Å²) in [5, 5.41) is 13.6. The van der Waals surface area contributed by atoms with Crippen LogP contribution in [0.2, 0.25) is 0 Å². The quantitative estimate of drug-likeness (QED) is 0.323. The second kappa shape index (κ2) is 10.2. The number of carbonyl (C=O) groups excluding carboxylic acids is 2. The van der Waals surface area contributed by atoms with Crippen molar-refractivity contribution in [3.05, 3.63) is 70.3 Å². The van der Waals surface area contributed by atoms with Crippen molar-refractivity contribution in [3.63, 3.8) is 0 Å². The molecular formula is C22H23N3O5. The van der Waals surface area contributed by atoms with Gasteiger partial charge in [0.1, 0.15) is 0 Å². The first-order valence-corrected chi connectivity index (χ1v) is 9.76. The minimum absolute atomic E-state index is 0.118. The summed E-state index contributed by atoms with van der Waals surface area (Å²) in [6.45, 7) is 1.64. The van der Waals surface area contributed by atoms with Gasteiger partial charge in [-0.3, -0.25) is 14.9 Å². The minimum atomic E-state index is -0.760. The summed E-state index contributed by atoms with van der Waals surface area (Å²) in [5.74, 6) is -1.23. The van der Waals surface area contributed by atoms with E-state index in [0.717, 1.165) is 24.9 Å². The molecule has 1 fully saturated rings. The van der Waals surface area contributed by atoms with E-state index in [1.165, 1.54) is 43.5 Å². The smallest absolute Gasteiger partial charge is 0.331 e. The molecule has 0 saturated carbocycles. The molecule has 0 bridgehead atoms. The highest BCUT2D eigenvalue weighted by Gasteiger charge is 2.12. The summed E-state index contributed by atoms with van der Waals surface area (Å²) < 4.78 is 4.90. The van der Waals surface area contributed by atoms with E-state index in [-0.39, 0.29) is 11.3 Å². The molecule has 0 radical (unpaired) electrons. The van der Waals surface area contributed by atoms with Crippen LogP contribution in [0.15, 0.2) is 54.6 Å². The van der Waals surface area contributed by atoms with Crippen LogP contribution in [0.3, 0.4) is 0 Å². The molecule has 0 aliphatic carbocycles. The molecule has 0 unspecified atom stereocenters. The highest BCUT2D eigenvalue weighted by molar-refractivity contribution is 5.94. The number of ether oxygens (including phenoxy) is 1. The van der Waals surface area contributed by atoms with Gasteiger partial charge in [0.25, 0.3) is 11.6 Å². The Morgan fingerprint density at radius 2 is 1.77 bits per heavy atom. The number of para-hydroxylation sites is 1. The summed E-state index contributed by atoms with van der Waals surface area (Å²) in [4.78, 5) is 36.6. The van der Waals surface area contributed by atoms with Gasteiger partial charge in [0.05, 0.1) is 10.5 Å². The second-order valence-electron chi connectivity index (χ2n) is 6.90. The molecule has 0 spiro atoms. The summed E-state index contributed by atoms with van der Waals surface area (Å²) in [7, 11) is 0. The van der Waals surface area contributed by atoms with Gasteiger partial charge >= 0.3 is 5.97 Å². The van der Waals surface area contributed by atoms with Crippen molar-refractivity contribution < 1.29 is 19.2 Å². The van der Waals surface area contributed by atoms with E-state index in [9.17, 15) is 19.7 Å². The maximum absolute atomic E-state index is 12.0. The van der Waals surface area contributed by atoms with Crippen LogP contribution in [0.25, 0.3) is 6.08 Å². The second-order valence-corrected chi connectivity index (χ2v) is 6.90. The summed E-state index contributed by atoms with van der Waals surface area (Å²) in [5.41, 5.74) is 1.90. The molecule has 2 aromatic rings. The van der Waals surface area contributed by atoms with Crippen molar-refractivity contribution in [2.24, 2.45) is 0 Å². The number of esters is 1. The molecule has 0 aromatic heterocycles. The number of piperidine rings is 1. The number of hydrogen-bond acceptors (Lipinski definition) is 6. The van der Waals surface area contributed by atoms with E-state index in [1.54, 1.807) is 6.07 Å². The van der Waals surface area contributed by atoms with Crippen LogP contribution in [0.1, 0.15) is 24.8 Å². The van der Waals surface area contributed by atoms with E-state index < -0.39 is 23.4 Å². The number of nitro groups is 1. The molecule has 156 valence electrons. The average molecular weight is 409 g/mol. The predicted octanol–water partition coefficient (Wildman–Crippen LogP) is 3.78. The predicted molar refractivity (Wildman–Crippen MR) is 114 cm³/mol. The van der Waals surface area contributed by atoms with E-state index in [2.05, 4.69) is 10.2 Å². The van der Waals surface area contributed by atoms with Gasteiger partial charge in [0, 0.05) is 36.6 Å². The van der Waals surface area contributed by atoms with Gasteiger partial charge < -0.3 is 15.0 Å². The molecule has 1 aliphatic rings. The van der Waals surface area contributed by atoms with Crippen LogP contribution in [0, 0.1) is 10.1 Å². The average Bonchev–Trinajstić information content (AvgIpc) is 2.77. The third kappa shape index (κ3) is 5.91. The van der Waals surface area contributed by atoms with E-state index >= 15 is 0 Å². The minimum Gasteiger partial charge on any atom is -0.452 e. The van der Waals surface area contributed by atoms with Crippen LogP contribution in [-0.4, -0.2) is 36.5 Å². The summed E-state index contributed by atoms with van der Waals surface area (Å²) in [6, 6.07) is 13.6. The maximum Gasteiger partial charge on any atom is 0.331 e. The SMILES string of the molecule is O=C(COC(=O)/C=C/c1ccccc1[N+](=O)[O-])Nc1ccc(N2CCCCC2)cc1. The zero-order valence-corrected chi connectivity index (χ0v) is 16.5. The molecule has 1 N–H and O–H groups in total. The Balaban J connectivity index is 1.47. The topological polar surface area (TPSA) is 102 Å². The first-order valence-electron chi connectivity index (χ1n) is 9.76. The summed E-state index contributed by atoms with van der Waals surface area (Å²) >= 11 is 0. The monoisotopic (exact) mass is 409 g/mol. The molecule has 8 heteroatoms. The fraction of sp³-hybridized carbons (Fsp3) is 0.273. The lowest BCUT2D eigenvalue weighted by Gasteiger charge is -2.28. The molecule has 0 atom stereocenters. The van der Waals surface area contributed by atoms with Gasteiger partial charge in [0.2, 0.25) is 0 Å². The molecule has 1 amide bonds. The van der Waals surface area contributed by atoms with E-state index in [0.29, 0.717) is 5.69 Å². The van der Waals surface area contributed by atoms with E-state index in [4.69, 9.17) is 4.74 Å². The van der Waals surface area contributed by atoms with Crippen molar-refractivity contribution in [3.8, 4) is 0 Å². The number of hydrogen-bond donors (Lipinski definition) is 1. The van der Waals surface area contributed by atoms with Crippen LogP contribution in [0.5, 0.6) is 0 Å². The fourth-order valence-electron chi connectivity index (χ4n) is 3.24. The Morgan fingerprint density at radius 1 is 1.07 bits per heavy atom. The number of benzene rings is 2. The fourth-order valence-corrected chi connectivity index (χ4v) is 3.24. The zero-order valence-electron chi connectivity index (χ0n) is 16.5. The van der Waals surface area contributed by atoms with Gasteiger partial charge in [-0.25, -0.2) is 4.79 Å². The van der Waals surface area contributed by atoms with Crippen LogP contribution < -0.4 is 10.2 Å². The highest BCUT2D eigenvalue weighted by atomic mass is 16.6. The zero-order chi connectivity index (χ0) is 21.3. The van der Waals surface area contributed by atoms with Crippen molar-refractivity contribution in [2.75, 3.05) is 29.9 Å².